The van der Waals surface area contributed by atoms with Gasteiger partial charge in [-0.2, -0.15) is 0 Å². The molecule has 6 nitrogen and oxygen atoms in total. The van der Waals surface area contributed by atoms with E-state index in [1.165, 1.54) is 19.1 Å². The van der Waals surface area contributed by atoms with E-state index in [0.717, 1.165) is 12.1 Å². The molecule has 0 radical (unpaired) electrons. The van der Waals surface area contributed by atoms with Crippen molar-refractivity contribution < 1.29 is 27.5 Å². The fourth-order valence-electron chi connectivity index (χ4n) is 2.20. The average molecular weight is 381 g/mol. The maximum Gasteiger partial charge on any atom is 0.573 e. The molecule has 0 fully saturated rings. The smallest absolute Gasteiger partial charge is 0.406 e. The number of halogens is 3. The Balaban J connectivity index is 1.94. The third-order valence-electron chi connectivity index (χ3n) is 3.31. The topological polar surface area (TPSA) is 79.5 Å². The summed E-state index contributed by atoms with van der Waals surface area (Å²) in [6.07, 6.45) is -4.77. The van der Waals surface area contributed by atoms with Gasteiger partial charge in [-0.25, -0.2) is 0 Å². The number of hydrogen-bond acceptors (Lipinski definition) is 4. The Morgan fingerprint density at radius 3 is 2.19 bits per heavy atom. The monoisotopic (exact) mass is 381 g/mol. The number of ether oxygens (including phenoxy) is 1. The number of nitrogens with one attached hydrogen (secondary N) is 3. The fourth-order valence-corrected chi connectivity index (χ4v) is 2.20. The van der Waals surface area contributed by atoms with E-state index in [4.69, 9.17) is 0 Å². The Morgan fingerprint density at radius 2 is 1.59 bits per heavy atom. The number of rotatable bonds is 6. The van der Waals surface area contributed by atoms with Crippen LogP contribution in [0, 0.1) is 0 Å². The number of alkyl halides is 3. The molecule has 2 rings (SSSR count). The first-order valence-electron chi connectivity index (χ1n) is 7.93. The van der Waals surface area contributed by atoms with Gasteiger partial charge < -0.3 is 20.7 Å². The largest absolute Gasteiger partial charge is 0.573 e. The van der Waals surface area contributed by atoms with Gasteiger partial charge in [0.05, 0.1) is 0 Å². The summed E-state index contributed by atoms with van der Waals surface area (Å²) in [4.78, 5) is 23.3. The molecule has 0 aliphatic rings. The number of carbonyl (C=O) groups excluding carboxylic acids is 2. The molecule has 0 saturated heterocycles. The summed E-state index contributed by atoms with van der Waals surface area (Å²) in [6, 6.07) is 11.0. The number of carbonyl (C=O) groups is 2. The van der Waals surface area contributed by atoms with E-state index >= 15 is 0 Å². The van der Waals surface area contributed by atoms with Gasteiger partial charge in [0.1, 0.15) is 11.8 Å². The number of benzene rings is 2. The first-order valence-corrected chi connectivity index (χ1v) is 7.93. The molecule has 2 amide bonds. The molecule has 0 spiro atoms. The van der Waals surface area contributed by atoms with Gasteiger partial charge in [-0.15, -0.1) is 13.2 Å². The summed E-state index contributed by atoms with van der Waals surface area (Å²) in [7, 11) is 0. The standard InChI is InChI=1S/C18H18F3N3O3/c1-11(22-14-4-3-5-15(10-14)23-12(2)25)17(26)24-13-6-8-16(9-7-13)27-18(19,20)21/h3-11,22H,1-2H3,(H,23,25)(H,24,26)/t11-/m1/s1. The van der Waals surface area contributed by atoms with Crippen LogP contribution in [0.15, 0.2) is 48.5 Å². The highest BCUT2D eigenvalue weighted by Crippen LogP contribution is 2.24. The van der Waals surface area contributed by atoms with Crippen LogP contribution in [0.1, 0.15) is 13.8 Å². The molecule has 9 heteroatoms. The van der Waals surface area contributed by atoms with Crippen LogP contribution in [-0.2, 0) is 9.59 Å². The molecule has 0 bridgehead atoms. The van der Waals surface area contributed by atoms with Crippen molar-refractivity contribution in [2.45, 2.75) is 26.3 Å². The van der Waals surface area contributed by atoms with Crippen LogP contribution in [0.2, 0.25) is 0 Å². The molecule has 144 valence electrons. The summed E-state index contributed by atoms with van der Waals surface area (Å²) in [5.74, 6) is -0.971. The van der Waals surface area contributed by atoms with Crippen LogP contribution in [0.3, 0.4) is 0 Å². The summed E-state index contributed by atoms with van der Waals surface area (Å²) in [5, 5.41) is 8.21. The molecule has 27 heavy (non-hydrogen) atoms. The van der Waals surface area contributed by atoms with Crippen LogP contribution >= 0.6 is 0 Å². The predicted octanol–water partition coefficient (Wildman–Crippen LogP) is 3.98. The lowest BCUT2D eigenvalue weighted by Gasteiger charge is -2.16. The van der Waals surface area contributed by atoms with Gasteiger partial charge in [0.25, 0.3) is 0 Å². The Hall–Kier alpha value is -3.23. The van der Waals surface area contributed by atoms with E-state index in [9.17, 15) is 22.8 Å². The molecule has 0 unspecified atom stereocenters. The Morgan fingerprint density at radius 1 is 0.963 bits per heavy atom. The normalized spacial score (nSPS) is 12.0. The second-order valence-electron chi connectivity index (χ2n) is 5.69. The zero-order valence-corrected chi connectivity index (χ0v) is 14.6. The minimum Gasteiger partial charge on any atom is -0.406 e. The van der Waals surface area contributed by atoms with E-state index in [0.29, 0.717) is 17.1 Å². The highest BCUT2D eigenvalue weighted by molar-refractivity contribution is 5.96. The van der Waals surface area contributed by atoms with Crippen molar-refractivity contribution in [1.82, 2.24) is 0 Å². The fraction of sp³-hybridized carbons (Fsp3) is 0.222. The van der Waals surface area contributed by atoms with Crippen molar-refractivity contribution in [3.8, 4) is 5.75 Å². The van der Waals surface area contributed by atoms with Crippen LogP contribution < -0.4 is 20.7 Å². The van der Waals surface area contributed by atoms with Crippen molar-refractivity contribution >= 4 is 28.9 Å². The summed E-state index contributed by atoms with van der Waals surface area (Å²) >= 11 is 0. The molecule has 0 heterocycles. The maximum atomic E-state index is 12.2. The molecule has 1 atom stereocenters. The van der Waals surface area contributed by atoms with Crippen molar-refractivity contribution in [2.75, 3.05) is 16.0 Å². The molecule has 0 aliphatic carbocycles. The second-order valence-corrected chi connectivity index (χ2v) is 5.69. The number of hydrogen-bond donors (Lipinski definition) is 3. The van der Waals surface area contributed by atoms with Crippen molar-refractivity contribution in [3.05, 3.63) is 48.5 Å². The Kier molecular flexibility index (Phi) is 6.27. The molecule has 2 aromatic carbocycles. The zero-order chi connectivity index (χ0) is 20.0. The summed E-state index contributed by atoms with van der Waals surface area (Å²) in [5.41, 5.74) is 1.54. The molecule has 3 N–H and O–H groups in total. The van der Waals surface area contributed by atoms with E-state index < -0.39 is 12.4 Å². The molecular weight excluding hydrogens is 363 g/mol. The number of anilines is 3. The van der Waals surface area contributed by atoms with Gasteiger partial charge in [0, 0.05) is 24.0 Å². The van der Waals surface area contributed by atoms with Gasteiger partial charge in [-0.3, -0.25) is 9.59 Å². The Labute approximate surface area is 153 Å². The van der Waals surface area contributed by atoms with Gasteiger partial charge in [0.15, 0.2) is 0 Å². The van der Waals surface area contributed by atoms with E-state index in [1.54, 1.807) is 31.2 Å². The number of amides is 2. The van der Waals surface area contributed by atoms with Crippen LogP contribution in [0.25, 0.3) is 0 Å². The highest BCUT2D eigenvalue weighted by Gasteiger charge is 2.31. The first-order chi connectivity index (χ1) is 12.6. The molecular formula is C18H18F3N3O3. The summed E-state index contributed by atoms with van der Waals surface area (Å²) in [6.45, 7) is 3.02. The van der Waals surface area contributed by atoms with Gasteiger partial charge in [0.2, 0.25) is 11.8 Å². The lowest BCUT2D eigenvalue weighted by molar-refractivity contribution is -0.274. The Bertz CT molecular complexity index is 807. The maximum absolute atomic E-state index is 12.2. The SMILES string of the molecule is CC(=O)Nc1cccc(N[C@H](C)C(=O)Nc2ccc(OC(F)(F)F)cc2)c1. The van der Waals surface area contributed by atoms with Gasteiger partial charge >= 0.3 is 6.36 Å². The minimum atomic E-state index is -4.77. The van der Waals surface area contributed by atoms with Crippen molar-refractivity contribution in [2.24, 2.45) is 0 Å². The second kappa shape index (κ2) is 8.43. The van der Waals surface area contributed by atoms with E-state index in [2.05, 4.69) is 20.7 Å². The lowest BCUT2D eigenvalue weighted by atomic mass is 10.2. The van der Waals surface area contributed by atoms with E-state index in [1.807, 2.05) is 0 Å². The minimum absolute atomic E-state index is 0.212. The van der Waals surface area contributed by atoms with Crippen molar-refractivity contribution in [1.29, 1.82) is 0 Å². The zero-order valence-electron chi connectivity index (χ0n) is 14.6. The first kappa shape index (κ1) is 20.1. The molecule has 0 saturated carbocycles. The van der Waals surface area contributed by atoms with Crippen LogP contribution in [0.5, 0.6) is 5.75 Å². The predicted molar refractivity (Wildman–Crippen MR) is 95.6 cm³/mol. The summed E-state index contributed by atoms with van der Waals surface area (Å²) < 4.78 is 40.2. The molecule has 0 aliphatic heterocycles. The van der Waals surface area contributed by atoms with E-state index in [-0.39, 0.29) is 17.6 Å². The molecule has 0 aromatic heterocycles. The highest BCUT2D eigenvalue weighted by atomic mass is 19.4. The van der Waals surface area contributed by atoms with Gasteiger partial charge in [-0.05, 0) is 49.4 Å². The third-order valence-corrected chi connectivity index (χ3v) is 3.31. The van der Waals surface area contributed by atoms with Crippen LogP contribution in [0.4, 0.5) is 30.2 Å². The van der Waals surface area contributed by atoms with Gasteiger partial charge in [-0.1, -0.05) is 6.07 Å². The average Bonchev–Trinajstić information content (AvgIpc) is 2.55. The third kappa shape index (κ3) is 6.89. The molecule has 2 aromatic rings. The van der Waals surface area contributed by atoms with Crippen molar-refractivity contribution in [3.63, 3.8) is 0 Å². The lowest BCUT2D eigenvalue weighted by Crippen LogP contribution is -2.31. The van der Waals surface area contributed by atoms with Crippen LogP contribution in [-0.4, -0.2) is 24.2 Å². The quantitative estimate of drug-likeness (QED) is 0.707.